The lowest BCUT2D eigenvalue weighted by molar-refractivity contribution is 0.278. The number of nitrogens with zero attached hydrogens (tertiary/aromatic N) is 2. The van der Waals surface area contributed by atoms with Crippen molar-refractivity contribution in [2.45, 2.75) is 26.2 Å². The van der Waals surface area contributed by atoms with Gasteiger partial charge in [0.1, 0.15) is 0 Å². The van der Waals surface area contributed by atoms with Crippen molar-refractivity contribution in [2.75, 3.05) is 13.1 Å². The van der Waals surface area contributed by atoms with Gasteiger partial charge >= 0.3 is 0 Å². The van der Waals surface area contributed by atoms with Gasteiger partial charge in [-0.2, -0.15) is 0 Å². The average molecular weight is 483 g/mol. The molecule has 0 heterocycles. The molecular weight excluding hydrogens is 448 g/mol. The Labute approximate surface area is 217 Å². The van der Waals surface area contributed by atoms with E-state index in [1.807, 2.05) is 0 Å². The lowest BCUT2D eigenvalue weighted by atomic mass is 10.1. The highest BCUT2D eigenvalue weighted by atomic mass is 35.5. The number of hydrogen-bond donors (Lipinski definition) is 0. The fourth-order valence-corrected chi connectivity index (χ4v) is 4.18. The van der Waals surface area contributed by atoms with Crippen molar-refractivity contribution in [3.05, 3.63) is 156 Å². The number of rotatable bonds is 12. The molecular formula is C32H35ClN2. The van der Waals surface area contributed by atoms with E-state index in [1.54, 1.807) is 0 Å². The number of benzene rings is 4. The van der Waals surface area contributed by atoms with Crippen LogP contribution in [0.1, 0.15) is 22.3 Å². The van der Waals surface area contributed by atoms with Gasteiger partial charge in [0.05, 0.1) is 0 Å². The maximum Gasteiger partial charge on any atom is 0.0240 e. The molecule has 4 aromatic carbocycles. The number of halogens is 1. The second-order valence-corrected chi connectivity index (χ2v) is 8.75. The molecule has 0 radical (unpaired) electrons. The molecule has 0 saturated carbocycles. The van der Waals surface area contributed by atoms with Gasteiger partial charge < -0.3 is 0 Å². The van der Waals surface area contributed by atoms with Gasteiger partial charge in [-0.3, -0.25) is 9.80 Å². The van der Waals surface area contributed by atoms with Crippen LogP contribution < -0.4 is 0 Å². The second-order valence-electron chi connectivity index (χ2n) is 8.75. The third-order valence-corrected chi connectivity index (χ3v) is 5.89. The summed E-state index contributed by atoms with van der Waals surface area (Å²) in [6.07, 6.45) is 4.66. The Morgan fingerprint density at radius 3 is 0.829 bits per heavy atom. The van der Waals surface area contributed by atoms with E-state index >= 15 is 0 Å². The molecule has 0 bridgehead atoms. The fourth-order valence-electron chi connectivity index (χ4n) is 4.18. The van der Waals surface area contributed by atoms with E-state index < -0.39 is 0 Å². The third-order valence-electron chi connectivity index (χ3n) is 5.89. The van der Waals surface area contributed by atoms with Crippen LogP contribution >= 0.6 is 12.4 Å². The van der Waals surface area contributed by atoms with E-state index in [4.69, 9.17) is 0 Å². The average Bonchev–Trinajstić information content (AvgIpc) is 2.89. The van der Waals surface area contributed by atoms with Crippen LogP contribution in [0.4, 0.5) is 0 Å². The van der Waals surface area contributed by atoms with E-state index in [-0.39, 0.29) is 12.4 Å². The zero-order chi connectivity index (χ0) is 23.3. The van der Waals surface area contributed by atoms with Crippen molar-refractivity contribution in [3.63, 3.8) is 0 Å². The van der Waals surface area contributed by atoms with E-state index in [1.165, 1.54) is 22.3 Å². The predicted molar refractivity (Wildman–Crippen MR) is 150 cm³/mol. The molecule has 0 aliphatic rings. The summed E-state index contributed by atoms with van der Waals surface area (Å²) in [7, 11) is 0. The lowest BCUT2D eigenvalue weighted by Crippen LogP contribution is -2.24. The third kappa shape index (κ3) is 9.54. The Morgan fingerprint density at radius 1 is 0.371 bits per heavy atom. The normalized spacial score (nSPS) is 11.1. The van der Waals surface area contributed by atoms with Gasteiger partial charge in [0, 0.05) is 39.3 Å². The summed E-state index contributed by atoms with van der Waals surface area (Å²) in [4.78, 5) is 5.00. The minimum atomic E-state index is 0. The largest absolute Gasteiger partial charge is 0.291 e. The molecule has 0 fully saturated rings. The first-order chi connectivity index (χ1) is 16.8. The summed E-state index contributed by atoms with van der Waals surface area (Å²) in [6, 6.07) is 43.0. The maximum atomic E-state index is 2.50. The van der Waals surface area contributed by atoms with Crippen LogP contribution in [-0.2, 0) is 26.2 Å². The minimum absolute atomic E-state index is 0. The highest BCUT2D eigenvalue weighted by Gasteiger charge is 2.08. The van der Waals surface area contributed by atoms with Crippen LogP contribution in [0.3, 0.4) is 0 Å². The lowest BCUT2D eigenvalue weighted by Gasteiger charge is -2.23. The highest BCUT2D eigenvalue weighted by molar-refractivity contribution is 5.85. The van der Waals surface area contributed by atoms with Crippen molar-refractivity contribution < 1.29 is 0 Å². The molecule has 0 N–H and O–H groups in total. The Balaban J connectivity index is 0.00000342. The SMILES string of the molecule is C(=C/CN(Cc1ccccc1)Cc1ccccc1)/CN(Cc1ccccc1)Cc1ccccc1.Cl. The minimum Gasteiger partial charge on any atom is -0.291 e. The molecule has 0 amide bonds. The smallest absolute Gasteiger partial charge is 0.0240 e. The molecule has 2 nitrogen and oxygen atoms in total. The van der Waals surface area contributed by atoms with Crippen LogP contribution in [0.2, 0.25) is 0 Å². The predicted octanol–water partition coefficient (Wildman–Crippen LogP) is 7.37. The van der Waals surface area contributed by atoms with Gasteiger partial charge in [-0.1, -0.05) is 133 Å². The van der Waals surface area contributed by atoms with Crippen molar-refractivity contribution in [1.29, 1.82) is 0 Å². The quantitative estimate of drug-likeness (QED) is 0.194. The Kier molecular flexibility index (Phi) is 11.3. The molecule has 0 atom stereocenters. The van der Waals surface area contributed by atoms with Crippen molar-refractivity contribution >= 4 is 12.4 Å². The topological polar surface area (TPSA) is 6.48 Å². The molecule has 4 rings (SSSR count). The summed E-state index contributed by atoms with van der Waals surface area (Å²) in [6.45, 7) is 5.62. The highest BCUT2D eigenvalue weighted by Crippen LogP contribution is 2.12. The molecule has 4 aromatic rings. The summed E-state index contributed by atoms with van der Waals surface area (Å²) in [5, 5.41) is 0. The molecule has 0 aromatic heterocycles. The van der Waals surface area contributed by atoms with Crippen LogP contribution in [0.25, 0.3) is 0 Å². The van der Waals surface area contributed by atoms with Crippen LogP contribution in [0.5, 0.6) is 0 Å². The monoisotopic (exact) mass is 482 g/mol. The molecule has 0 aliphatic heterocycles. The molecule has 0 spiro atoms. The van der Waals surface area contributed by atoms with E-state index in [0.29, 0.717) is 0 Å². The first-order valence-electron chi connectivity index (χ1n) is 12.1. The Bertz CT molecular complexity index is 925. The van der Waals surface area contributed by atoms with E-state index in [2.05, 4.69) is 143 Å². The fraction of sp³-hybridized carbons (Fsp3) is 0.188. The van der Waals surface area contributed by atoms with Crippen LogP contribution in [0.15, 0.2) is 133 Å². The molecule has 0 unspecified atom stereocenters. The molecule has 35 heavy (non-hydrogen) atoms. The van der Waals surface area contributed by atoms with Gasteiger partial charge in [0.2, 0.25) is 0 Å². The Hall–Kier alpha value is -3.17. The van der Waals surface area contributed by atoms with Gasteiger partial charge in [0.25, 0.3) is 0 Å². The molecule has 3 heteroatoms. The van der Waals surface area contributed by atoms with Gasteiger partial charge in [-0.05, 0) is 22.3 Å². The van der Waals surface area contributed by atoms with Crippen molar-refractivity contribution in [2.24, 2.45) is 0 Å². The Morgan fingerprint density at radius 2 is 0.600 bits per heavy atom. The van der Waals surface area contributed by atoms with Gasteiger partial charge in [-0.15, -0.1) is 12.4 Å². The number of hydrogen-bond acceptors (Lipinski definition) is 2. The van der Waals surface area contributed by atoms with Gasteiger partial charge in [-0.25, -0.2) is 0 Å². The first-order valence-corrected chi connectivity index (χ1v) is 12.1. The standard InChI is InChI=1S/C32H34N2.ClH/c1-5-15-29(16-6-1)25-33(26-30-17-7-2-8-18-30)23-13-14-24-34(27-31-19-9-3-10-20-31)28-32-21-11-4-12-22-32;/h1-22H,23-28H2;1H/b14-13-;. The van der Waals surface area contributed by atoms with Crippen molar-refractivity contribution in [1.82, 2.24) is 9.80 Å². The molecule has 0 saturated heterocycles. The maximum absolute atomic E-state index is 2.50. The first kappa shape index (κ1) is 26.4. The summed E-state index contributed by atoms with van der Waals surface area (Å²) in [5.41, 5.74) is 5.39. The van der Waals surface area contributed by atoms with Crippen LogP contribution in [0, 0.1) is 0 Å². The van der Waals surface area contributed by atoms with Crippen molar-refractivity contribution in [3.8, 4) is 0 Å². The van der Waals surface area contributed by atoms with E-state index in [9.17, 15) is 0 Å². The van der Waals surface area contributed by atoms with E-state index in [0.717, 1.165) is 39.3 Å². The summed E-state index contributed by atoms with van der Waals surface area (Å²) < 4.78 is 0. The second kappa shape index (κ2) is 15.0. The van der Waals surface area contributed by atoms with Gasteiger partial charge in [0.15, 0.2) is 0 Å². The zero-order valence-electron chi connectivity index (χ0n) is 20.2. The summed E-state index contributed by atoms with van der Waals surface area (Å²) in [5.74, 6) is 0. The summed E-state index contributed by atoms with van der Waals surface area (Å²) >= 11 is 0. The van der Waals surface area contributed by atoms with Crippen LogP contribution in [-0.4, -0.2) is 22.9 Å². The molecule has 180 valence electrons. The molecule has 0 aliphatic carbocycles. The zero-order valence-corrected chi connectivity index (χ0v) is 21.1.